The summed E-state index contributed by atoms with van der Waals surface area (Å²) in [5.74, 6) is 1.71. The van der Waals surface area contributed by atoms with Crippen LogP contribution in [-0.4, -0.2) is 77.3 Å². The first-order valence-electron chi connectivity index (χ1n) is 9.70. The summed E-state index contributed by atoms with van der Waals surface area (Å²) in [6, 6.07) is 9.35. The summed E-state index contributed by atoms with van der Waals surface area (Å²) in [6.45, 7) is 4.34. The van der Waals surface area contributed by atoms with Gasteiger partial charge in [0.1, 0.15) is 5.03 Å². The number of aromatic nitrogens is 2. The molecule has 2 aromatic rings. The molecule has 2 amide bonds. The van der Waals surface area contributed by atoms with E-state index in [1.54, 1.807) is 16.7 Å². The number of carbonyl (C=O) groups is 2. The Kier molecular flexibility index (Phi) is 6.22. The molecule has 0 radical (unpaired) electrons. The SMILES string of the molecule is CCOC(=O)N1CCN(C(=O)CSc2ccc(-c3ccc4c(c3)OCO4)nn2)CC1. The van der Waals surface area contributed by atoms with Gasteiger partial charge in [-0.1, -0.05) is 11.8 Å². The van der Waals surface area contributed by atoms with E-state index in [1.165, 1.54) is 11.8 Å². The maximum Gasteiger partial charge on any atom is 0.409 e. The van der Waals surface area contributed by atoms with Crippen LogP contribution in [0.4, 0.5) is 4.79 Å². The number of piperazine rings is 1. The second kappa shape index (κ2) is 9.21. The van der Waals surface area contributed by atoms with Crippen molar-refractivity contribution in [2.24, 2.45) is 0 Å². The van der Waals surface area contributed by atoms with Gasteiger partial charge >= 0.3 is 6.09 Å². The van der Waals surface area contributed by atoms with Gasteiger partial charge in [-0.05, 0) is 37.3 Å². The van der Waals surface area contributed by atoms with Crippen LogP contribution in [-0.2, 0) is 9.53 Å². The fourth-order valence-electron chi connectivity index (χ4n) is 3.19. The Balaban J connectivity index is 1.27. The summed E-state index contributed by atoms with van der Waals surface area (Å²) in [6.07, 6.45) is -0.322. The second-order valence-corrected chi connectivity index (χ2v) is 7.68. The van der Waals surface area contributed by atoms with Crippen molar-refractivity contribution in [3.63, 3.8) is 0 Å². The molecule has 1 saturated heterocycles. The average molecular weight is 430 g/mol. The van der Waals surface area contributed by atoms with Crippen molar-refractivity contribution >= 4 is 23.8 Å². The smallest absolute Gasteiger partial charge is 0.409 e. The van der Waals surface area contributed by atoms with Gasteiger partial charge in [-0.25, -0.2) is 4.79 Å². The number of rotatable bonds is 5. The van der Waals surface area contributed by atoms with Crippen LogP contribution in [0.15, 0.2) is 35.4 Å². The van der Waals surface area contributed by atoms with E-state index in [9.17, 15) is 9.59 Å². The summed E-state index contributed by atoms with van der Waals surface area (Å²) in [5.41, 5.74) is 1.61. The van der Waals surface area contributed by atoms with E-state index in [0.29, 0.717) is 43.6 Å². The lowest BCUT2D eigenvalue weighted by Gasteiger charge is -2.34. The van der Waals surface area contributed by atoms with E-state index in [4.69, 9.17) is 14.2 Å². The Bertz CT molecular complexity index is 916. The molecule has 2 aliphatic rings. The first-order chi connectivity index (χ1) is 14.6. The van der Waals surface area contributed by atoms with Crippen LogP contribution in [0.1, 0.15) is 6.92 Å². The zero-order valence-corrected chi connectivity index (χ0v) is 17.4. The highest BCUT2D eigenvalue weighted by atomic mass is 32.2. The highest BCUT2D eigenvalue weighted by molar-refractivity contribution is 7.99. The van der Waals surface area contributed by atoms with E-state index < -0.39 is 0 Å². The van der Waals surface area contributed by atoms with E-state index in [-0.39, 0.29) is 24.5 Å². The number of carbonyl (C=O) groups excluding carboxylic acids is 2. The van der Waals surface area contributed by atoms with Gasteiger partial charge in [-0.2, -0.15) is 0 Å². The summed E-state index contributed by atoms with van der Waals surface area (Å²) in [7, 11) is 0. The van der Waals surface area contributed by atoms with Gasteiger partial charge in [0.05, 0.1) is 18.1 Å². The quantitative estimate of drug-likeness (QED) is 0.667. The number of nitrogens with zero attached hydrogens (tertiary/aromatic N) is 4. The van der Waals surface area contributed by atoms with Crippen molar-refractivity contribution in [1.82, 2.24) is 20.0 Å². The lowest BCUT2D eigenvalue weighted by molar-refractivity contribution is -0.129. The zero-order chi connectivity index (χ0) is 20.9. The molecule has 0 saturated carbocycles. The lowest BCUT2D eigenvalue weighted by atomic mass is 10.1. The van der Waals surface area contributed by atoms with Crippen molar-refractivity contribution in [2.75, 3.05) is 45.3 Å². The van der Waals surface area contributed by atoms with Crippen LogP contribution in [0.5, 0.6) is 11.5 Å². The Labute approximate surface area is 178 Å². The summed E-state index contributed by atoms with van der Waals surface area (Å²) >= 11 is 1.35. The molecule has 158 valence electrons. The van der Waals surface area contributed by atoms with E-state index in [1.807, 2.05) is 30.3 Å². The largest absolute Gasteiger partial charge is 0.454 e. The third kappa shape index (κ3) is 4.59. The van der Waals surface area contributed by atoms with Crippen molar-refractivity contribution < 1.29 is 23.8 Å². The number of benzene rings is 1. The molecule has 1 aromatic heterocycles. The Hall–Kier alpha value is -3.01. The van der Waals surface area contributed by atoms with Crippen LogP contribution in [0.25, 0.3) is 11.3 Å². The van der Waals surface area contributed by atoms with Crippen LogP contribution in [0, 0.1) is 0 Å². The molecule has 1 aromatic carbocycles. The minimum Gasteiger partial charge on any atom is -0.454 e. The lowest BCUT2D eigenvalue weighted by Crippen LogP contribution is -2.51. The topological polar surface area (TPSA) is 94.1 Å². The highest BCUT2D eigenvalue weighted by Gasteiger charge is 2.24. The molecule has 0 unspecified atom stereocenters. The molecule has 0 spiro atoms. The predicted molar refractivity (Wildman–Crippen MR) is 109 cm³/mol. The van der Waals surface area contributed by atoms with Gasteiger partial charge in [0.25, 0.3) is 0 Å². The van der Waals surface area contributed by atoms with Gasteiger partial charge in [-0.15, -0.1) is 10.2 Å². The molecule has 0 N–H and O–H groups in total. The Morgan fingerprint density at radius 2 is 1.80 bits per heavy atom. The van der Waals surface area contributed by atoms with Gasteiger partial charge in [0.2, 0.25) is 12.7 Å². The molecule has 4 rings (SSSR count). The summed E-state index contributed by atoms with van der Waals surface area (Å²) in [4.78, 5) is 27.6. The maximum atomic E-state index is 12.5. The fourth-order valence-corrected chi connectivity index (χ4v) is 3.90. The molecular weight excluding hydrogens is 408 g/mol. The van der Waals surface area contributed by atoms with Crippen LogP contribution >= 0.6 is 11.8 Å². The van der Waals surface area contributed by atoms with Crippen LogP contribution < -0.4 is 9.47 Å². The second-order valence-electron chi connectivity index (χ2n) is 6.68. The molecule has 2 aliphatic heterocycles. The zero-order valence-electron chi connectivity index (χ0n) is 16.6. The van der Waals surface area contributed by atoms with Gasteiger partial charge in [0.15, 0.2) is 11.5 Å². The minimum atomic E-state index is -0.322. The first kappa shape index (κ1) is 20.3. The summed E-state index contributed by atoms with van der Waals surface area (Å²) < 4.78 is 15.7. The molecular formula is C20H22N4O5S. The van der Waals surface area contributed by atoms with Crippen molar-refractivity contribution in [3.8, 4) is 22.8 Å². The molecule has 9 nitrogen and oxygen atoms in total. The van der Waals surface area contributed by atoms with Gasteiger partial charge in [0, 0.05) is 31.7 Å². The molecule has 10 heteroatoms. The number of thioether (sulfide) groups is 1. The monoisotopic (exact) mass is 430 g/mol. The third-order valence-corrected chi connectivity index (χ3v) is 5.72. The number of amides is 2. The summed E-state index contributed by atoms with van der Waals surface area (Å²) in [5, 5.41) is 9.16. The number of fused-ring (bicyclic) bond motifs is 1. The van der Waals surface area contributed by atoms with E-state index in [0.717, 1.165) is 17.0 Å². The normalized spacial score (nSPS) is 15.2. The Morgan fingerprint density at radius 1 is 1.03 bits per heavy atom. The fraction of sp³-hybridized carbons (Fsp3) is 0.400. The predicted octanol–water partition coefficient (Wildman–Crippen LogP) is 2.27. The minimum absolute atomic E-state index is 0.0187. The van der Waals surface area contributed by atoms with E-state index in [2.05, 4.69) is 10.2 Å². The third-order valence-electron chi connectivity index (χ3n) is 4.81. The van der Waals surface area contributed by atoms with Crippen molar-refractivity contribution in [1.29, 1.82) is 0 Å². The van der Waals surface area contributed by atoms with Crippen molar-refractivity contribution in [2.45, 2.75) is 11.9 Å². The standard InChI is InChI=1S/C20H22N4O5S/c1-2-27-20(26)24-9-7-23(8-10-24)19(25)12-30-18-6-4-15(21-22-18)14-3-5-16-17(11-14)29-13-28-16/h3-6,11H,2,7-10,12-13H2,1H3. The molecule has 0 atom stereocenters. The molecule has 30 heavy (non-hydrogen) atoms. The van der Waals surface area contributed by atoms with Gasteiger partial charge in [-0.3, -0.25) is 4.79 Å². The van der Waals surface area contributed by atoms with E-state index >= 15 is 0 Å². The van der Waals surface area contributed by atoms with Crippen molar-refractivity contribution in [3.05, 3.63) is 30.3 Å². The molecule has 1 fully saturated rings. The average Bonchev–Trinajstić information content (AvgIpc) is 3.26. The molecule has 3 heterocycles. The first-order valence-corrected chi connectivity index (χ1v) is 10.7. The Morgan fingerprint density at radius 3 is 2.53 bits per heavy atom. The molecule has 0 bridgehead atoms. The van der Waals surface area contributed by atoms with Crippen LogP contribution in [0.3, 0.4) is 0 Å². The number of hydrogen-bond acceptors (Lipinski definition) is 8. The number of hydrogen-bond donors (Lipinski definition) is 0. The maximum absolute atomic E-state index is 12.5. The van der Waals surface area contributed by atoms with Crippen LogP contribution in [0.2, 0.25) is 0 Å². The highest BCUT2D eigenvalue weighted by Crippen LogP contribution is 2.35. The number of ether oxygens (including phenoxy) is 3. The van der Waals surface area contributed by atoms with Gasteiger partial charge < -0.3 is 24.0 Å². The molecule has 0 aliphatic carbocycles.